The summed E-state index contributed by atoms with van der Waals surface area (Å²) in [5, 5.41) is 3.81. The first-order valence-corrected chi connectivity index (χ1v) is 8.54. The molecular formula is C16H23ClN4OS. The Morgan fingerprint density at radius 1 is 1.35 bits per heavy atom. The Bertz CT molecular complexity index is 585. The molecule has 0 aliphatic carbocycles. The quantitative estimate of drug-likeness (QED) is 0.814. The Kier molecular flexibility index (Phi) is 6.07. The number of nitrogens with two attached hydrogens (primary N) is 1. The van der Waals surface area contributed by atoms with Crippen LogP contribution in [0, 0.1) is 5.92 Å². The van der Waals surface area contributed by atoms with Gasteiger partial charge in [-0.2, -0.15) is 0 Å². The molecule has 0 saturated carbocycles. The summed E-state index contributed by atoms with van der Waals surface area (Å²) in [6.45, 7) is 7.13. The third-order valence-electron chi connectivity index (χ3n) is 3.77. The molecule has 0 spiro atoms. The van der Waals surface area contributed by atoms with Crippen LogP contribution in [-0.2, 0) is 4.79 Å². The second kappa shape index (κ2) is 7.84. The first-order valence-electron chi connectivity index (χ1n) is 7.75. The van der Waals surface area contributed by atoms with Gasteiger partial charge in [0.05, 0.1) is 11.4 Å². The maximum absolute atomic E-state index is 12.2. The zero-order chi connectivity index (χ0) is 17.0. The van der Waals surface area contributed by atoms with E-state index in [1.54, 1.807) is 0 Å². The van der Waals surface area contributed by atoms with Crippen molar-refractivity contribution in [3.05, 3.63) is 23.2 Å². The number of thiocarbonyl (C=S) groups is 1. The number of rotatable bonds is 4. The van der Waals surface area contributed by atoms with Gasteiger partial charge in [-0.3, -0.25) is 4.79 Å². The minimum atomic E-state index is 0.208. The average molecular weight is 355 g/mol. The maximum atomic E-state index is 12.2. The molecule has 1 heterocycles. The molecule has 3 N–H and O–H groups in total. The van der Waals surface area contributed by atoms with E-state index in [1.165, 1.54) is 0 Å². The van der Waals surface area contributed by atoms with Crippen LogP contribution >= 0.6 is 23.8 Å². The van der Waals surface area contributed by atoms with Crippen molar-refractivity contribution in [1.29, 1.82) is 0 Å². The summed E-state index contributed by atoms with van der Waals surface area (Å²) in [5.74, 6) is 0.621. The number of amides is 1. The number of hydrogen-bond acceptors (Lipinski definition) is 3. The monoisotopic (exact) mass is 354 g/mol. The predicted octanol–water partition coefficient (Wildman–Crippen LogP) is 2.69. The van der Waals surface area contributed by atoms with Crippen LogP contribution < -0.4 is 16.0 Å². The van der Waals surface area contributed by atoms with Gasteiger partial charge in [0, 0.05) is 37.6 Å². The topological polar surface area (TPSA) is 61.6 Å². The molecule has 1 aliphatic rings. The van der Waals surface area contributed by atoms with E-state index in [4.69, 9.17) is 29.6 Å². The first-order chi connectivity index (χ1) is 10.9. The van der Waals surface area contributed by atoms with Crippen LogP contribution in [0.4, 0.5) is 11.4 Å². The van der Waals surface area contributed by atoms with Crippen LogP contribution in [0.3, 0.4) is 0 Å². The average Bonchev–Trinajstić information content (AvgIpc) is 2.46. The summed E-state index contributed by atoms with van der Waals surface area (Å²) in [7, 11) is 0. The van der Waals surface area contributed by atoms with E-state index in [0.29, 0.717) is 17.4 Å². The second-order valence-electron chi connectivity index (χ2n) is 6.12. The number of carbonyl (C=O) groups is 1. The highest BCUT2D eigenvalue weighted by atomic mass is 35.5. The lowest BCUT2D eigenvalue weighted by molar-refractivity contribution is -0.132. The van der Waals surface area contributed by atoms with Gasteiger partial charge in [-0.15, -0.1) is 0 Å². The molecule has 0 unspecified atom stereocenters. The summed E-state index contributed by atoms with van der Waals surface area (Å²) in [5.41, 5.74) is 7.38. The predicted molar refractivity (Wildman–Crippen MR) is 100 cm³/mol. The fraction of sp³-hybridized carbons (Fsp3) is 0.500. The van der Waals surface area contributed by atoms with Crippen molar-refractivity contribution in [2.24, 2.45) is 11.7 Å². The molecule has 0 atom stereocenters. The highest BCUT2D eigenvalue weighted by Crippen LogP contribution is 2.30. The molecule has 0 radical (unpaired) electrons. The zero-order valence-corrected chi connectivity index (χ0v) is 15.1. The van der Waals surface area contributed by atoms with Crippen LogP contribution in [0.25, 0.3) is 0 Å². The number of carbonyl (C=O) groups excluding carboxylic acids is 1. The minimum absolute atomic E-state index is 0.208. The third kappa shape index (κ3) is 4.97. The molecule has 7 heteroatoms. The maximum Gasteiger partial charge on any atom is 0.222 e. The summed E-state index contributed by atoms with van der Waals surface area (Å²) in [4.78, 5) is 16.3. The van der Waals surface area contributed by atoms with Crippen molar-refractivity contribution in [2.45, 2.75) is 20.3 Å². The van der Waals surface area contributed by atoms with E-state index < -0.39 is 0 Å². The van der Waals surface area contributed by atoms with E-state index in [-0.39, 0.29) is 11.0 Å². The van der Waals surface area contributed by atoms with Crippen molar-refractivity contribution < 1.29 is 4.79 Å². The van der Waals surface area contributed by atoms with Crippen LogP contribution in [0.1, 0.15) is 20.3 Å². The summed E-state index contributed by atoms with van der Waals surface area (Å²) in [6, 6.07) is 5.61. The second-order valence-corrected chi connectivity index (χ2v) is 6.99. The molecule has 23 heavy (non-hydrogen) atoms. The first kappa shape index (κ1) is 17.8. The molecule has 5 nitrogen and oxygen atoms in total. The van der Waals surface area contributed by atoms with Crippen LogP contribution in [0.15, 0.2) is 18.2 Å². The Balaban J connectivity index is 2.05. The van der Waals surface area contributed by atoms with Gasteiger partial charge in [-0.1, -0.05) is 25.4 Å². The smallest absolute Gasteiger partial charge is 0.222 e. The molecular weight excluding hydrogens is 332 g/mol. The number of piperazine rings is 1. The van der Waals surface area contributed by atoms with E-state index in [0.717, 1.165) is 37.6 Å². The van der Waals surface area contributed by atoms with E-state index in [9.17, 15) is 4.79 Å². The number of hydrogen-bond donors (Lipinski definition) is 2. The third-order valence-corrected chi connectivity index (χ3v) is 4.11. The van der Waals surface area contributed by atoms with Crippen molar-refractivity contribution in [2.75, 3.05) is 36.4 Å². The van der Waals surface area contributed by atoms with E-state index in [2.05, 4.69) is 24.1 Å². The fourth-order valence-corrected chi connectivity index (χ4v) is 2.97. The Labute approximate surface area is 147 Å². The Morgan fingerprint density at radius 2 is 2.00 bits per heavy atom. The number of nitrogens with zero attached hydrogens (tertiary/aromatic N) is 2. The van der Waals surface area contributed by atoms with Crippen molar-refractivity contribution in [3.8, 4) is 0 Å². The van der Waals surface area contributed by atoms with Gasteiger partial charge in [-0.05, 0) is 36.3 Å². The number of nitrogens with one attached hydrogen (secondary N) is 1. The van der Waals surface area contributed by atoms with Gasteiger partial charge < -0.3 is 20.9 Å². The van der Waals surface area contributed by atoms with Crippen molar-refractivity contribution in [1.82, 2.24) is 4.90 Å². The fourth-order valence-electron chi connectivity index (χ4n) is 2.69. The van der Waals surface area contributed by atoms with Gasteiger partial charge in [0.15, 0.2) is 5.11 Å². The van der Waals surface area contributed by atoms with Crippen molar-refractivity contribution in [3.63, 3.8) is 0 Å². The van der Waals surface area contributed by atoms with Gasteiger partial charge >= 0.3 is 0 Å². The highest BCUT2D eigenvalue weighted by molar-refractivity contribution is 7.80. The molecule has 126 valence electrons. The molecule has 1 fully saturated rings. The number of anilines is 2. The number of benzene rings is 1. The van der Waals surface area contributed by atoms with Gasteiger partial charge in [-0.25, -0.2) is 0 Å². The minimum Gasteiger partial charge on any atom is -0.376 e. The van der Waals surface area contributed by atoms with E-state index in [1.807, 2.05) is 23.1 Å². The number of halogens is 1. The molecule has 1 amide bonds. The molecule has 0 aromatic heterocycles. The standard InChI is InChI=1S/C16H23ClN4OS/c1-11(2)9-15(22)21-7-5-20(6-8-21)14-4-3-12(17)10-13(14)19-16(18)23/h3-4,10-11H,5-9H2,1-2H3,(H3,18,19,23). The molecule has 1 aromatic rings. The summed E-state index contributed by atoms with van der Waals surface area (Å²) < 4.78 is 0. The lowest BCUT2D eigenvalue weighted by Gasteiger charge is -2.37. The molecule has 1 aromatic carbocycles. The van der Waals surface area contributed by atoms with Gasteiger partial charge in [0.1, 0.15) is 0 Å². The zero-order valence-electron chi connectivity index (χ0n) is 13.5. The van der Waals surface area contributed by atoms with Crippen LogP contribution in [-0.4, -0.2) is 42.1 Å². The SMILES string of the molecule is CC(C)CC(=O)N1CCN(c2ccc(Cl)cc2NC(N)=S)CC1. The molecule has 1 saturated heterocycles. The largest absolute Gasteiger partial charge is 0.376 e. The highest BCUT2D eigenvalue weighted by Gasteiger charge is 2.23. The Hall–Kier alpha value is -1.53. The van der Waals surface area contributed by atoms with Gasteiger partial charge in [0.25, 0.3) is 0 Å². The Morgan fingerprint density at radius 3 is 2.57 bits per heavy atom. The van der Waals surface area contributed by atoms with E-state index >= 15 is 0 Å². The molecule has 1 aliphatic heterocycles. The molecule has 2 rings (SSSR count). The summed E-state index contributed by atoms with van der Waals surface area (Å²) >= 11 is 11.0. The van der Waals surface area contributed by atoms with Crippen LogP contribution in [0.2, 0.25) is 5.02 Å². The van der Waals surface area contributed by atoms with Gasteiger partial charge in [0.2, 0.25) is 5.91 Å². The van der Waals surface area contributed by atoms with Crippen LogP contribution in [0.5, 0.6) is 0 Å². The normalized spacial score (nSPS) is 15.0. The van der Waals surface area contributed by atoms with Crippen molar-refractivity contribution >= 4 is 46.2 Å². The summed E-state index contributed by atoms with van der Waals surface area (Å²) in [6.07, 6.45) is 0.606. The lowest BCUT2D eigenvalue weighted by Crippen LogP contribution is -2.49. The lowest BCUT2D eigenvalue weighted by atomic mass is 10.1. The molecule has 0 bridgehead atoms.